The Morgan fingerprint density at radius 2 is 1.95 bits per heavy atom. The molecule has 114 valence electrons. The summed E-state index contributed by atoms with van der Waals surface area (Å²) >= 11 is 0. The van der Waals surface area contributed by atoms with E-state index in [4.69, 9.17) is 0 Å². The van der Waals surface area contributed by atoms with Crippen molar-refractivity contribution in [1.29, 1.82) is 0 Å². The van der Waals surface area contributed by atoms with E-state index in [-0.39, 0.29) is 0 Å². The third kappa shape index (κ3) is 2.15. The number of benzene rings is 1. The Morgan fingerprint density at radius 1 is 1.19 bits per heavy atom. The van der Waals surface area contributed by atoms with Gasteiger partial charge in [-0.3, -0.25) is 4.90 Å². The van der Waals surface area contributed by atoms with Crippen LogP contribution >= 0.6 is 0 Å². The molecule has 2 heteroatoms. The fourth-order valence-corrected chi connectivity index (χ4v) is 5.48. The molecular weight excluding hydrogens is 256 g/mol. The highest BCUT2D eigenvalue weighted by Crippen LogP contribution is 2.51. The van der Waals surface area contributed by atoms with Gasteiger partial charge in [0.1, 0.15) is 0 Å². The zero-order chi connectivity index (χ0) is 14.4. The Morgan fingerprint density at radius 3 is 2.76 bits per heavy atom. The standard InChI is InChI=1S/C19H28N2/c1-19-13-16-15(12-14-8-4-3-5-9-14)20-17(19)10-6-7-11-18(19)21(16)2/h3-5,8-9,15-18,20H,6-7,10-13H2,1-2H3/t15-,16+,17-,18+,19-/m1/s1. The largest absolute Gasteiger partial charge is 0.309 e. The maximum atomic E-state index is 4.06. The van der Waals surface area contributed by atoms with Gasteiger partial charge in [0.05, 0.1) is 0 Å². The first kappa shape index (κ1) is 13.8. The molecule has 0 unspecified atom stereocenters. The summed E-state index contributed by atoms with van der Waals surface area (Å²) in [6.07, 6.45) is 8.16. The van der Waals surface area contributed by atoms with Gasteiger partial charge in [0.15, 0.2) is 0 Å². The van der Waals surface area contributed by atoms with Gasteiger partial charge in [0, 0.05) is 24.2 Å². The first-order valence-corrected chi connectivity index (χ1v) is 8.70. The summed E-state index contributed by atoms with van der Waals surface area (Å²) in [5.41, 5.74) is 1.98. The van der Waals surface area contributed by atoms with E-state index in [1.54, 1.807) is 0 Å². The van der Waals surface area contributed by atoms with Crippen LogP contribution in [-0.2, 0) is 6.42 Å². The Balaban J connectivity index is 1.61. The van der Waals surface area contributed by atoms with Gasteiger partial charge in [-0.15, -0.1) is 0 Å². The summed E-state index contributed by atoms with van der Waals surface area (Å²) in [5.74, 6) is 0. The van der Waals surface area contributed by atoms with Gasteiger partial charge in [-0.1, -0.05) is 50.1 Å². The third-order valence-corrected chi connectivity index (χ3v) is 6.62. The number of hydrogen-bond acceptors (Lipinski definition) is 2. The molecule has 3 aliphatic rings. The molecule has 0 aromatic heterocycles. The van der Waals surface area contributed by atoms with Crippen LogP contribution in [0.4, 0.5) is 0 Å². The Hall–Kier alpha value is -0.860. The lowest BCUT2D eigenvalue weighted by Gasteiger charge is -2.43. The number of nitrogens with one attached hydrogen (secondary N) is 1. The van der Waals surface area contributed by atoms with E-state index < -0.39 is 0 Å². The van der Waals surface area contributed by atoms with Crippen molar-refractivity contribution in [3.8, 4) is 0 Å². The summed E-state index contributed by atoms with van der Waals surface area (Å²) in [7, 11) is 2.38. The van der Waals surface area contributed by atoms with Crippen LogP contribution in [0.2, 0.25) is 0 Å². The van der Waals surface area contributed by atoms with E-state index in [1.807, 2.05) is 0 Å². The minimum absolute atomic E-state index is 0.503. The molecule has 0 spiro atoms. The number of hydrogen-bond donors (Lipinski definition) is 1. The van der Waals surface area contributed by atoms with Gasteiger partial charge >= 0.3 is 0 Å². The first-order chi connectivity index (χ1) is 10.2. The van der Waals surface area contributed by atoms with Gasteiger partial charge in [0.2, 0.25) is 0 Å². The molecule has 0 amide bonds. The zero-order valence-corrected chi connectivity index (χ0v) is 13.4. The Bertz CT molecular complexity index is 500. The molecule has 1 aromatic carbocycles. The highest BCUT2D eigenvalue weighted by Gasteiger charge is 2.57. The van der Waals surface area contributed by atoms with Gasteiger partial charge < -0.3 is 5.32 Å². The summed E-state index contributed by atoms with van der Waals surface area (Å²) in [6, 6.07) is 13.9. The molecular formula is C19H28N2. The van der Waals surface area contributed by atoms with E-state index in [2.05, 4.69) is 54.5 Å². The predicted octanol–water partition coefficient (Wildman–Crippen LogP) is 3.22. The predicted molar refractivity (Wildman–Crippen MR) is 87.4 cm³/mol. The minimum Gasteiger partial charge on any atom is -0.309 e. The number of likely N-dealkylation sites (tertiary alicyclic amines) is 1. The van der Waals surface area contributed by atoms with Crippen molar-refractivity contribution in [3.63, 3.8) is 0 Å². The first-order valence-electron chi connectivity index (χ1n) is 8.70. The number of rotatable bonds is 2. The second-order valence-electron chi connectivity index (χ2n) is 7.76. The van der Waals surface area contributed by atoms with E-state index in [0.717, 1.165) is 18.1 Å². The van der Waals surface area contributed by atoms with Crippen LogP contribution in [0, 0.1) is 5.41 Å². The Kier molecular flexibility index (Phi) is 3.35. The molecule has 1 aromatic rings. The van der Waals surface area contributed by atoms with Crippen LogP contribution in [0.5, 0.6) is 0 Å². The maximum absolute atomic E-state index is 4.06. The molecule has 1 N–H and O–H groups in total. The van der Waals surface area contributed by atoms with Crippen LogP contribution in [0.3, 0.4) is 0 Å². The Labute approximate surface area is 128 Å². The second-order valence-corrected chi connectivity index (χ2v) is 7.76. The molecule has 0 radical (unpaired) electrons. The molecule has 1 saturated carbocycles. The lowest BCUT2D eigenvalue weighted by atomic mass is 9.70. The molecule has 2 saturated heterocycles. The van der Waals surface area contributed by atoms with Crippen LogP contribution in [-0.4, -0.2) is 36.1 Å². The van der Waals surface area contributed by atoms with Crippen molar-refractivity contribution in [2.75, 3.05) is 7.05 Å². The van der Waals surface area contributed by atoms with Crippen molar-refractivity contribution in [1.82, 2.24) is 10.2 Å². The SMILES string of the molecule is CN1[C@H]2CCCC[C@H]3N[C@H](Cc4ccccc4)[C@@H]1C[C@@]23C. The molecule has 2 aliphatic heterocycles. The smallest absolute Gasteiger partial charge is 0.0266 e. The zero-order valence-electron chi connectivity index (χ0n) is 13.4. The molecule has 2 heterocycles. The van der Waals surface area contributed by atoms with Crippen molar-refractivity contribution in [3.05, 3.63) is 35.9 Å². The lowest BCUT2D eigenvalue weighted by Crippen LogP contribution is -2.57. The van der Waals surface area contributed by atoms with Gasteiger partial charge in [-0.2, -0.15) is 0 Å². The quantitative estimate of drug-likeness (QED) is 0.897. The van der Waals surface area contributed by atoms with Crippen molar-refractivity contribution < 1.29 is 0 Å². The van der Waals surface area contributed by atoms with E-state index in [9.17, 15) is 0 Å². The normalized spacial score (nSPS) is 42.8. The highest BCUT2D eigenvalue weighted by molar-refractivity contribution is 5.20. The van der Waals surface area contributed by atoms with E-state index >= 15 is 0 Å². The van der Waals surface area contributed by atoms with Crippen molar-refractivity contribution in [2.45, 2.75) is 69.6 Å². The average Bonchev–Trinajstić information content (AvgIpc) is 2.61. The summed E-state index contributed by atoms with van der Waals surface area (Å²) in [5, 5.41) is 4.06. The number of nitrogens with zero attached hydrogens (tertiary/aromatic N) is 1. The van der Waals surface area contributed by atoms with Crippen LogP contribution < -0.4 is 5.32 Å². The fraction of sp³-hybridized carbons (Fsp3) is 0.684. The van der Waals surface area contributed by atoms with Gasteiger partial charge in [-0.25, -0.2) is 0 Å². The maximum Gasteiger partial charge on any atom is 0.0266 e. The van der Waals surface area contributed by atoms with Crippen molar-refractivity contribution >= 4 is 0 Å². The monoisotopic (exact) mass is 284 g/mol. The molecule has 3 fully saturated rings. The number of fused-ring (bicyclic) bond motifs is 1. The van der Waals surface area contributed by atoms with Gasteiger partial charge in [0.25, 0.3) is 0 Å². The average molecular weight is 284 g/mol. The molecule has 5 atom stereocenters. The number of likely N-dealkylation sites (N-methyl/N-ethyl adjacent to an activating group) is 1. The summed E-state index contributed by atoms with van der Waals surface area (Å²) < 4.78 is 0. The fourth-order valence-electron chi connectivity index (χ4n) is 5.48. The van der Waals surface area contributed by atoms with E-state index in [1.165, 1.54) is 44.1 Å². The van der Waals surface area contributed by atoms with E-state index in [0.29, 0.717) is 11.5 Å². The topological polar surface area (TPSA) is 15.3 Å². The van der Waals surface area contributed by atoms with Crippen LogP contribution in [0.15, 0.2) is 30.3 Å². The van der Waals surface area contributed by atoms with Crippen LogP contribution in [0.1, 0.15) is 44.6 Å². The molecule has 4 rings (SSSR count). The molecule has 1 aliphatic carbocycles. The van der Waals surface area contributed by atoms with Crippen molar-refractivity contribution in [2.24, 2.45) is 5.41 Å². The van der Waals surface area contributed by atoms with Gasteiger partial charge in [-0.05, 0) is 43.7 Å². The summed E-state index contributed by atoms with van der Waals surface area (Å²) in [6.45, 7) is 2.55. The van der Waals surface area contributed by atoms with Crippen LogP contribution in [0.25, 0.3) is 0 Å². The third-order valence-electron chi connectivity index (χ3n) is 6.62. The molecule has 2 bridgehead atoms. The molecule has 2 nitrogen and oxygen atoms in total. The minimum atomic E-state index is 0.503. The number of piperidine rings is 1. The summed E-state index contributed by atoms with van der Waals surface area (Å²) in [4.78, 5) is 2.73. The second kappa shape index (κ2) is 5.10. The lowest BCUT2D eigenvalue weighted by molar-refractivity contribution is 0.142. The molecule has 21 heavy (non-hydrogen) atoms. The highest BCUT2D eigenvalue weighted by atomic mass is 15.3.